The topological polar surface area (TPSA) is 51.2 Å². The standard InChI is InChI=1S/C15H18N2O2S/c1-10-5-4-6-13(9-10)19-8-7-16-15-14(12(3)18)11(2)17-20-15/h4-6,9,16H,7-8H2,1-3H3. The van der Waals surface area contributed by atoms with Crippen molar-refractivity contribution in [2.45, 2.75) is 20.8 Å². The maximum absolute atomic E-state index is 11.5. The Morgan fingerprint density at radius 3 is 2.90 bits per heavy atom. The number of Topliss-reactive ketones (excluding diaryl/α,β-unsaturated/α-hetero) is 1. The number of hydrogen-bond acceptors (Lipinski definition) is 5. The first-order valence-corrected chi connectivity index (χ1v) is 7.26. The Balaban J connectivity index is 1.86. The molecule has 5 heteroatoms. The van der Waals surface area contributed by atoms with Crippen molar-refractivity contribution < 1.29 is 9.53 Å². The fourth-order valence-corrected chi connectivity index (χ4v) is 2.81. The van der Waals surface area contributed by atoms with Crippen LogP contribution in [-0.4, -0.2) is 23.3 Å². The zero-order valence-electron chi connectivity index (χ0n) is 11.9. The molecule has 1 N–H and O–H groups in total. The van der Waals surface area contributed by atoms with Gasteiger partial charge in [-0.3, -0.25) is 4.79 Å². The molecule has 0 amide bonds. The Morgan fingerprint density at radius 2 is 2.20 bits per heavy atom. The molecular formula is C15H18N2O2S. The van der Waals surface area contributed by atoms with Crippen molar-refractivity contribution in [3.63, 3.8) is 0 Å². The van der Waals surface area contributed by atoms with E-state index in [1.807, 2.05) is 38.1 Å². The van der Waals surface area contributed by atoms with E-state index < -0.39 is 0 Å². The van der Waals surface area contributed by atoms with Crippen LogP contribution in [0.2, 0.25) is 0 Å². The van der Waals surface area contributed by atoms with Crippen molar-refractivity contribution in [1.82, 2.24) is 4.37 Å². The Bertz CT molecular complexity index is 608. The molecule has 0 atom stereocenters. The molecule has 1 aromatic heterocycles. The highest BCUT2D eigenvalue weighted by molar-refractivity contribution is 7.10. The normalized spacial score (nSPS) is 10.3. The summed E-state index contributed by atoms with van der Waals surface area (Å²) in [6, 6.07) is 7.94. The average molecular weight is 290 g/mol. The van der Waals surface area contributed by atoms with E-state index in [9.17, 15) is 4.79 Å². The number of nitrogens with zero attached hydrogens (tertiary/aromatic N) is 1. The molecular weight excluding hydrogens is 272 g/mol. The number of hydrogen-bond donors (Lipinski definition) is 1. The van der Waals surface area contributed by atoms with Gasteiger partial charge in [-0.15, -0.1) is 0 Å². The van der Waals surface area contributed by atoms with Gasteiger partial charge in [0.05, 0.1) is 11.3 Å². The molecule has 2 aromatic rings. The van der Waals surface area contributed by atoms with Gasteiger partial charge >= 0.3 is 0 Å². The SMILES string of the molecule is CC(=O)c1c(C)nsc1NCCOc1cccc(C)c1. The van der Waals surface area contributed by atoms with Crippen molar-refractivity contribution in [2.24, 2.45) is 0 Å². The van der Waals surface area contributed by atoms with Gasteiger partial charge in [0, 0.05) is 6.54 Å². The molecule has 2 rings (SSSR count). The minimum atomic E-state index is 0.0401. The maximum atomic E-state index is 11.5. The summed E-state index contributed by atoms with van der Waals surface area (Å²) in [4.78, 5) is 11.5. The highest BCUT2D eigenvalue weighted by Crippen LogP contribution is 2.24. The van der Waals surface area contributed by atoms with Gasteiger partial charge in [-0.05, 0) is 50.0 Å². The number of ether oxygens (including phenoxy) is 1. The number of carbonyl (C=O) groups is 1. The molecule has 0 saturated heterocycles. The Hall–Kier alpha value is -1.88. The summed E-state index contributed by atoms with van der Waals surface area (Å²) in [6.07, 6.45) is 0. The number of carbonyl (C=O) groups excluding carboxylic acids is 1. The zero-order valence-corrected chi connectivity index (χ0v) is 12.7. The largest absolute Gasteiger partial charge is 0.492 e. The van der Waals surface area contributed by atoms with Gasteiger partial charge in [-0.25, -0.2) is 0 Å². The van der Waals surface area contributed by atoms with Crippen LogP contribution in [0.25, 0.3) is 0 Å². The predicted molar refractivity (Wildman–Crippen MR) is 82.0 cm³/mol. The van der Waals surface area contributed by atoms with Crippen LogP contribution < -0.4 is 10.1 Å². The van der Waals surface area contributed by atoms with Gasteiger partial charge in [0.25, 0.3) is 0 Å². The lowest BCUT2D eigenvalue weighted by atomic mass is 10.2. The summed E-state index contributed by atoms with van der Waals surface area (Å²) in [5, 5.41) is 4.03. The molecule has 106 valence electrons. The number of ketones is 1. The molecule has 1 aromatic carbocycles. The molecule has 0 aliphatic heterocycles. The molecule has 20 heavy (non-hydrogen) atoms. The number of aromatic nitrogens is 1. The summed E-state index contributed by atoms with van der Waals surface area (Å²) in [7, 11) is 0. The Labute approximate surface area is 123 Å². The van der Waals surface area contributed by atoms with Crippen LogP contribution in [0.3, 0.4) is 0 Å². The average Bonchev–Trinajstić information content (AvgIpc) is 2.76. The molecule has 0 saturated carbocycles. The molecule has 0 bridgehead atoms. The quantitative estimate of drug-likeness (QED) is 0.654. The van der Waals surface area contributed by atoms with Gasteiger partial charge in [0.15, 0.2) is 5.78 Å². The van der Waals surface area contributed by atoms with Crippen LogP contribution >= 0.6 is 11.5 Å². The van der Waals surface area contributed by atoms with Crippen LogP contribution in [0.15, 0.2) is 24.3 Å². The van der Waals surface area contributed by atoms with E-state index in [1.54, 1.807) is 6.92 Å². The van der Waals surface area contributed by atoms with Gasteiger partial charge in [-0.2, -0.15) is 4.37 Å². The minimum Gasteiger partial charge on any atom is -0.492 e. The number of rotatable bonds is 6. The minimum absolute atomic E-state index is 0.0401. The molecule has 0 aliphatic carbocycles. The van der Waals surface area contributed by atoms with Crippen molar-refractivity contribution in [3.05, 3.63) is 41.1 Å². The van der Waals surface area contributed by atoms with Gasteiger partial charge < -0.3 is 10.1 Å². The highest BCUT2D eigenvalue weighted by atomic mass is 32.1. The van der Waals surface area contributed by atoms with Crippen molar-refractivity contribution >= 4 is 22.3 Å². The highest BCUT2D eigenvalue weighted by Gasteiger charge is 2.14. The third kappa shape index (κ3) is 3.57. The predicted octanol–water partition coefficient (Wildman–Crippen LogP) is 3.45. The Kier molecular flexibility index (Phi) is 4.74. The fourth-order valence-electron chi connectivity index (χ4n) is 1.94. The second-order valence-corrected chi connectivity index (χ2v) is 5.39. The van der Waals surface area contributed by atoms with E-state index in [-0.39, 0.29) is 5.78 Å². The lowest BCUT2D eigenvalue weighted by Gasteiger charge is -2.08. The number of nitrogens with one attached hydrogen (secondary N) is 1. The van der Waals surface area contributed by atoms with E-state index in [2.05, 4.69) is 9.69 Å². The molecule has 0 fully saturated rings. The van der Waals surface area contributed by atoms with Crippen LogP contribution in [-0.2, 0) is 0 Å². The first-order chi connectivity index (χ1) is 9.58. The number of anilines is 1. The Morgan fingerprint density at radius 1 is 1.40 bits per heavy atom. The lowest BCUT2D eigenvalue weighted by Crippen LogP contribution is -2.12. The smallest absolute Gasteiger partial charge is 0.164 e. The molecule has 1 heterocycles. The fraction of sp³-hybridized carbons (Fsp3) is 0.333. The monoisotopic (exact) mass is 290 g/mol. The van der Waals surface area contributed by atoms with Crippen molar-refractivity contribution in [1.29, 1.82) is 0 Å². The van der Waals surface area contributed by atoms with Crippen LogP contribution in [0.5, 0.6) is 5.75 Å². The summed E-state index contributed by atoms with van der Waals surface area (Å²) in [6.45, 7) is 6.62. The van der Waals surface area contributed by atoms with E-state index in [1.165, 1.54) is 17.1 Å². The lowest BCUT2D eigenvalue weighted by molar-refractivity contribution is 0.101. The summed E-state index contributed by atoms with van der Waals surface area (Å²) >= 11 is 1.32. The third-order valence-corrected chi connectivity index (χ3v) is 3.76. The van der Waals surface area contributed by atoms with Crippen LogP contribution in [0, 0.1) is 13.8 Å². The van der Waals surface area contributed by atoms with Gasteiger partial charge in [-0.1, -0.05) is 12.1 Å². The number of aryl methyl sites for hydroxylation is 2. The number of benzene rings is 1. The van der Waals surface area contributed by atoms with E-state index in [4.69, 9.17) is 4.74 Å². The second-order valence-electron chi connectivity index (χ2n) is 4.62. The van der Waals surface area contributed by atoms with Gasteiger partial charge in [0.2, 0.25) is 0 Å². The van der Waals surface area contributed by atoms with Gasteiger partial charge in [0.1, 0.15) is 17.4 Å². The molecule has 0 spiro atoms. The summed E-state index contributed by atoms with van der Waals surface area (Å²) < 4.78 is 9.86. The third-order valence-electron chi connectivity index (χ3n) is 2.86. The molecule has 4 nitrogen and oxygen atoms in total. The van der Waals surface area contributed by atoms with E-state index in [0.717, 1.165) is 16.4 Å². The van der Waals surface area contributed by atoms with Crippen molar-refractivity contribution in [3.8, 4) is 5.75 Å². The summed E-state index contributed by atoms with van der Waals surface area (Å²) in [5.74, 6) is 0.900. The van der Waals surface area contributed by atoms with Crippen LogP contribution in [0.4, 0.5) is 5.00 Å². The summed E-state index contributed by atoms with van der Waals surface area (Å²) in [5.41, 5.74) is 2.64. The zero-order chi connectivity index (χ0) is 14.5. The van der Waals surface area contributed by atoms with E-state index in [0.29, 0.717) is 18.7 Å². The first-order valence-electron chi connectivity index (χ1n) is 6.48. The maximum Gasteiger partial charge on any atom is 0.164 e. The molecule has 0 aliphatic rings. The van der Waals surface area contributed by atoms with Crippen molar-refractivity contribution in [2.75, 3.05) is 18.5 Å². The molecule has 0 radical (unpaired) electrons. The first kappa shape index (κ1) is 14.5. The van der Waals surface area contributed by atoms with E-state index >= 15 is 0 Å². The second kappa shape index (κ2) is 6.52. The van der Waals surface area contributed by atoms with Crippen LogP contribution in [0.1, 0.15) is 28.5 Å². The molecule has 0 unspecified atom stereocenters.